The van der Waals surface area contributed by atoms with Gasteiger partial charge in [-0.15, -0.1) is 12.4 Å². The highest BCUT2D eigenvalue weighted by Crippen LogP contribution is 2.06. The first-order valence-electron chi connectivity index (χ1n) is 5.01. The Morgan fingerprint density at radius 2 is 2.12 bits per heavy atom. The Bertz CT molecular complexity index is 369. The fourth-order valence-electron chi connectivity index (χ4n) is 1.47. The van der Waals surface area contributed by atoms with Crippen LogP contribution in [0.3, 0.4) is 0 Å². The minimum Gasteiger partial charge on any atom is -0.352 e. The SMILES string of the molecule is Cl.O=C(NCC1CNC1)c1ccccc1F. The highest BCUT2D eigenvalue weighted by atomic mass is 35.5. The molecule has 0 bridgehead atoms. The lowest BCUT2D eigenvalue weighted by molar-refractivity contribution is 0.0938. The molecule has 1 aliphatic heterocycles. The molecule has 0 atom stereocenters. The predicted molar refractivity (Wildman–Crippen MR) is 62.3 cm³/mol. The van der Waals surface area contributed by atoms with Gasteiger partial charge in [0, 0.05) is 25.6 Å². The zero-order valence-corrected chi connectivity index (χ0v) is 9.52. The lowest BCUT2D eigenvalue weighted by Gasteiger charge is -2.27. The number of benzene rings is 1. The average molecular weight is 245 g/mol. The molecule has 1 saturated heterocycles. The third-order valence-electron chi connectivity index (χ3n) is 2.54. The summed E-state index contributed by atoms with van der Waals surface area (Å²) in [6.07, 6.45) is 0. The third kappa shape index (κ3) is 2.93. The van der Waals surface area contributed by atoms with Crippen molar-refractivity contribution in [2.75, 3.05) is 19.6 Å². The Balaban J connectivity index is 0.00000128. The topological polar surface area (TPSA) is 41.1 Å². The van der Waals surface area contributed by atoms with Gasteiger partial charge < -0.3 is 10.6 Å². The van der Waals surface area contributed by atoms with E-state index in [0.717, 1.165) is 13.1 Å². The molecule has 0 aliphatic carbocycles. The molecule has 16 heavy (non-hydrogen) atoms. The number of rotatable bonds is 3. The lowest BCUT2D eigenvalue weighted by Crippen LogP contribution is -2.48. The number of carbonyl (C=O) groups excluding carboxylic acids is 1. The van der Waals surface area contributed by atoms with E-state index in [1.54, 1.807) is 12.1 Å². The minimum atomic E-state index is -0.471. The molecule has 3 nitrogen and oxygen atoms in total. The average Bonchev–Trinajstić information content (AvgIpc) is 2.16. The first kappa shape index (κ1) is 12.9. The van der Waals surface area contributed by atoms with Gasteiger partial charge in [0.2, 0.25) is 0 Å². The van der Waals surface area contributed by atoms with Crippen molar-refractivity contribution < 1.29 is 9.18 Å². The molecule has 2 rings (SSSR count). The molecule has 0 radical (unpaired) electrons. The number of amides is 1. The summed E-state index contributed by atoms with van der Waals surface area (Å²) in [6.45, 7) is 2.47. The molecule has 5 heteroatoms. The molecular weight excluding hydrogens is 231 g/mol. The molecule has 0 unspecified atom stereocenters. The standard InChI is InChI=1S/C11H13FN2O.ClH/c12-10-4-2-1-3-9(10)11(15)14-7-8-5-13-6-8;/h1-4,8,13H,5-7H2,(H,14,15);1H. The molecule has 0 aromatic heterocycles. The summed E-state index contributed by atoms with van der Waals surface area (Å²) in [4.78, 5) is 11.5. The van der Waals surface area contributed by atoms with Crippen molar-refractivity contribution in [2.45, 2.75) is 0 Å². The molecule has 0 spiro atoms. The van der Waals surface area contributed by atoms with Crippen LogP contribution in [0.4, 0.5) is 4.39 Å². The smallest absolute Gasteiger partial charge is 0.254 e. The van der Waals surface area contributed by atoms with Crippen LogP contribution in [0.2, 0.25) is 0 Å². The first-order chi connectivity index (χ1) is 7.27. The molecule has 1 aliphatic rings. The highest BCUT2D eigenvalue weighted by Gasteiger charge is 2.18. The van der Waals surface area contributed by atoms with Gasteiger partial charge in [0.25, 0.3) is 5.91 Å². The summed E-state index contributed by atoms with van der Waals surface area (Å²) in [5, 5.41) is 5.83. The van der Waals surface area contributed by atoms with Crippen molar-refractivity contribution in [3.8, 4) is 0 Å². The summed E-state index contributed by atoms with van der Waals surface area (Å²) < 4.78 is 13.2. The Kier molecular flexibility index (Phi) is 4.71. The molecule has 0 saturated carbocycles. The van der Waals surface area contributed by atoms with E-state index in [9.17, 15) is 9.18 Å². The Labute approximate surface area is 99.8 Å². The normalized spacial score (nSPS) is 14.8. The summed E-state index contributed by atoms with van der Waals surface area (Å²) in [5.74, 6) is -0.317. The van der Waals surface area contributed by atoms with E-state index in [2.05, 4.69) is 10.6 Å². The zero-order valence-electron chi connectivity index (χ0n) is 8.70. The van der Waals surface area contributed by atoms with Gasteiger partial charge in [-0.3, -0.25) is 4.79 Å². The molecular formula is C11H14ClFN2O. The molecule has 1 amide bonds. The maximum atomic E-state index is 13.2. The van der Waals surface area contributed by atoms with Gasteiger partial charge in [-0.1, -0.05) is 12.1 Å². The maximum Gasteiger partial charge on any atom is 0.254 e. The molecule has 1 aromatic carbocycles. The minimum absolute atomic E-state index is 0. The fourth-order valence-corrected chi connectivity index (χ4v) is 1.47. The van der Waals surface area contributed by atoms with Gasteiger partial charge in [0.1, 0.15) is 5.82 Å². The van der Waals surface area contributed by atoms with E-state index >= 15 is 0 Å². The van der Waals surface area contributed by atoms with Crippen LogP contribution in [0.1, 0.15) is 10.4 Å². The highest BCUT2D eigenvalue weighted by molar-refractivity contribution is 5.94. The van der Waals surface area contributed by atoms with E-state index in [0.29, 0.717) is 12.5 Å². The fraction of sp³-hybridized carbons (Fsp3) is 0.364. The van der Waals surface area contributed by atoms with Crippen molar-refractivity contribution in [1.29, 1.82) is 0 Å². The van der Waals surface area contributed by atoms with Gasteiger partial charge in [0.15, 0.2) is 0 Å². The monoisotopic (exact) mass is 244 g/mol. The number of hydrogen-bond donors (Lipinski definition) is 2. The summed E-state index contributed by atoms with van der Waals surface area (Å²) in [7, 11) is 0. The number of halogens is 2. The second-order valence-corrected chi connectivity index (χ2v) is 3.71. The second-order valence-electron chi connectivity index (χ2n) is 3.71. The van der Waals surface area contributed by atoms with E-state index in [1.165, 1.54) is 12.1 Å². The van der Waals surface area contributed by atoms with Gasteiger partial charge in [-0.2, -0.15) is 0 Å². The molecule has 88 valence electrons. The number of nitrogens with one attached hydrogen (secondary N) is 2. The van der Waals surface area contributed by atoms with Crippen LogP contribution in [0.25, 0.3) is 0 Å². The quantitative estimate of drug-likeness (QED) is 0.839. The van der Waals surface area contributed by atoms with Gasteiger partial charge in [0.05, 0.1) is 5.56 Å². The number of hydrogen-bond acceptors (Lipinski definition) is 2. The van der Waals surface area contributed by atoms with Crippen LogP contribution in [-0.2, 0) is 0 Å². The van der Waals surface area contributed by atoms with Gasteiger partial charge in [-0.25, -0.2) is 4.39 Å². The van der Waals surface area contributed by atoms with Gasteiger partial charge >= 0.3 is 0 Å². The summed E-state index contributed by atoms with van der Waals surface area (Å²) in [6, 6.07) is 6.01. The first-order valence-corrected chi connectivity index (χ1v) is 5.01. The third-order valence-corrected chi connectivity index (χ3v) is 2.54. The Hall–Kier alpha value is -1.13. The van der Waals surface area contributed by atoms with Crippen molar-refractivity contribution >= 4 is 18.3 Å². The lowest BCUT2D eigenvalue weighted by atomic mass is 10.0. The Morgan fingerprint density at radius 3 is 2.69 bits per heavy atom. The maximum absolute atomic E-state index is 13.2. The van der Waals surface area contributed by atoms with Crippen LogP contribution < -0.4 is 10.6 Å². The van der Waals surface area contributed by atoms with E-state index < -0.39 is 5.82 Å². The Morgan fingerprint density at radius 1 is 1.44 bits per heavy atom. The van der Waals surface area contributed by atoms with E-state index in [4.69, 9.17) is 0 Å². The molecule has 1 aromatic rings. The molecule has 1 fully saturated rings. The predicted octanol–water partition coefficient (Wildman–Crippen LogP) is 1.20. The second kappa shape index (κ2) is 5.82. The zero-order chi connectivity index (χ0) is 10.7. The van der Waals surface area contributed by atoms with Crippen molar-refractivity contribution in [2.24, 2.45) is 5.92 Å². The van der Waals surface area contributed by atoms with E-state index in [1.807, 2.05) is 0 Å². The van der Waals surface area contributed by atoms with Crippen molar-refractivity contribution in [1.82, 2.24) is 10.6 Å². The van der Waals surface area contributed by atoms with Gasteiger partial charge in [-0.05, 0) is 12.1 Å². The van der Waals surface area contributed by atoms with Crippen molar-refractivity contribution in [3.63, 3.8) is 0 Å². The molecule has 2 N–H and O–H groups in total. The van der Waals surface area contributed by atoms with Crippen LogP contribution in [0.5, 0.6) is 0 Å². The summed E-state index contributed by atoms with van der Waals surface area (Å²) in [5.41, 5.74) is 0.116. The van der Waals surface area contributed by atoms with Crippen LogP contribution >= 0.6 is 12.4 Å². The van der Waals surface area contributed by atoms with Crippen LogP contribution in [0.15, 0.2) is 24.3 Å². The number of carbonyl (C=O) groups is 1. The summed E-state index contributed by atoms with van der Waals surface area (Å²) >= 11 is 0. The van der Waals surface area contributed by atoms with Crippen molar-refractivity contribution in [3.05, 3.63) is 35.6 Å². The largest absolute Gasteiger partial charge is 0.352 e. The van der Waals surface area contributed by atoms with E-state index in [-0.39, 0.29) is 23.9 Å². The molecule has 1 heterocycles. The van der Waals surface area contributed by atoms with Crippen LogP contribution in [0, 0.1) is 11.7 Å². The van der Waals surface area contributed by atoms with Crippen LogP contribution in [-0.4, -0.2) is 25.5 Å².